The number of nitrogens with zero attached hydrogens (tertiary/aromatic N) is 2. The average Bonchev–Trinajstić information content (AvgIpc) is 2.88. The van der Waals surface area contributed by atoms with Crippen LogP contribution >= 0.6 is 11.3 Å². The zero-order chi connectivity index (χ0) is 12.8. The number of nitriles is 1. The number of methoxy groups -OCH3 is 1. The summed E-state index contributed by atoms with van der Waals surface area (Å²) in [4.78, 5) is 4.58. The largest absolute Gasteiger partial charge is 0.385 e. The fourth-order valence-corrected chi connectivity index (χ4v) is 2.52. The van der Waals surface area contributed by atoms with Crippen molar-refractivity contribution in [3.05, 3.63) is 40.2 Å². The molecule has 0 fully saturated rings. The van der Waals surface area contributed by atoms with E-state index in [2.05, 4.69) is 11.1 Å². The molecule has 0 atom stereocenters. The summed E-state index contributed by atoms with van der Waals surface area (Å²) in [5.41, 5.74) is 2.62. The number of ether oxygens (including phenoxy) is 1. The highest BCUT2D eigenvalue weighted by Crippen LogP contribution is 2.23. The van der Waals surface area contributed by atoms with Crippen molar-refractivity contribution in [1.29, 1.82) is 5.26 Å². The predicted molar refractivity (Wildman–Crippen MR) is 72.5 cm³/mol. The topological polar surface area (TPSA) is 45.9 Å². The lowest BCUT2D eigenvalue weighted by Gasteiger charge is -1.97. The molecule has 0 bridgehead atoms. The van der Waals surface area contributed by atoms with E-state index in [1.54, 1.807) is 24.5 Å². The van der Waals surface area contributed by atoms with Crippen molar-refractivity contribution >= 4 is 11.3 Å². The van der Waals surface area contributed by atoms with Crippen LogP contribution in [-0.4, -0.2) is 18.7 Å². The Bertz CT molecular complexity index is 557. The van der Waals surface area contributed by atoms with Crippen LogP contribution in [0.5, 0.6) is 0 Å². The zero-order valence-electron chi connectivity index (χ0n) is 10.2. The van der Waals surface area contributed by atoms with Gasteiger partial charge in [-0.2, -0.15) is 5.26 Å². The molecule has 0 aliphatic carbocycles. The molecule has 2 rings (SSSR count). The van der Waals surface area contributed by atoms with Crippen molar-refractivity contribution in [3.8, 4) is 17.3 Å². The summed E-state index contributed by atoms with van der Waals surface area (Å²) in [7, 11) is 1.71. The molecule has 0 radical (unpaired) electrons. The molecule has 0 aliphatic heterocycles. The van der Waals surface area contributed by atoms with Gasteiger partial charge in [-0.15, -0.1) is 11.3 Å². The van der Waals surface area contributed by atoms with Crippen molar-refractivity contribution in [2.45, 2.75) is 12.8 Å². The Labute approximate surface area is 111 Å². The summed E-state index contributed by atoms with van der Waals surface area (Å²) in [6.45, 7) is 0.763. The van der Waals surface area contributed by atoms with Gasteiger partial charge in [0.05, 0.1) is 22.3 Å². The van der Waals surface area contributed by atoms with Crippen molar-refractivity contribution in [2.75, 3.05) is 13.7 Å². The highest BCUT2D eigenvalue weighted by Gasteiger charge is 2.05. The third kappa shape index (κ3) is 3.16. The van der Waals surface area contributed by atoms with Gasteiger partial charge in [-0.05, 0) is 18.6 Å². The fourth-order valence-electron chi connectivity index (χ4n) is 1.67. The van der Waals surface area contributed by atoms with E-state index in [1.807, 2.05) is 23.6 Å². The molecular weight excluding hydrogens is 244 g/mol. The molecule has 92 valence electrons. The Morgan fingerprint density at radius 1 is 1.44 bits per heavy atom. The van der Waals surface area contributed by atoms with E-state index < -0.39 is 0 Å². The molecule has 1 aromatic heterocycles. The second-order valence-corrected chi connectivity index (χ2v) is 4.86. The van der Waals surface area contributed by atoms with Gasteiger partial charge in [-0.25, -0.2) is 4.98 Å². The third-order valence-electron chi connectivity index (χ3n) is 2.58. The van der Waals surface area contributed by atoms with Gasteiger partial charge in [0.1, 0.15) is 0 Å². The molecule has 4 heteroatoms. The second-order valence-electron chi connectivity index (χ2n) is 3.92. The van der Waals surface area contributed by atoms with Crippen molar-refractivity contribution in [3.63, 3.8) is 0 Å². The van der Waals surface area contributed by atoms with Crippen LogP contribution in [0.2, 0.25) is 0 Å². The number of hydrogen-bond acceptors (Lipinski definition) is 4. The van der Waals surface area contributed by atoms with Crippen LogP contribution in [0.25, 0.3) is 11.3 Å². The van der Waals surface area contributed by atoms with Crippen LogP contribution in [0.1, 0.15) is 17.0 Å². The lowest BCUT2D eigenvalue weighted by molar-refractivity contribution is 0.195. The summed E-state index contributed by atoms with van der Waals surface area (Å²) in [6, 6.07) is 9.68. The molecule has 0 spiro atoms. The maximum absolute atomic E-state index is 8.88. The zero-order valence-corrected chi connectivity index (χ0v) is 11.0. The van der Waals surface area contributed by atoms with Crippen molar-refractivity contribution in [1.82, 2.24) is 4.98 Å². The highest BCUT2D eigenvalue weighted by atomic mass is 32.1. The first-order valence-corrected chi connectivity index (χ1v) is 6.65. The van der Waals surface area contributed by atoms with E-state index in [9.17, 15) is 0 Å². The molecule has 1 aromatic carbocycles. The standard InChI is InChI=1S/C14H14N2OS/c1-17-7-3-6-14-16-13(10-18-14)12-5-2-4-11(8-12)9-15/h2,4-5,8,10H,3,6-7H2,1H3. The predicted octanol–water partition coefficient (Wildman–Crippen LogP) is 3.26. The minimum absolute atomic E-state index is 0.668. The van der Waals surface area contributed by atoms with E-state index in [4.69, 9.17) is 10.00 Å². The number of benzene rings is 1. The summed E-state index contributed by atoms with van der Waals surface area (Å²) in [5.74, 6) is 0. The van der Waals surface area contributed by atoms with Crippen LogP contribution in [0.4, 0.5) is 0 Å². The first kappa shape index (κ1) is 12.7. The molecule has 0 aliphatic rings. The second kappa shape index (κ2) is 6.29. The van der Waals surface area contributed by atoms with E-state index >= 15 is 0 Å². The Morgan fingerprint density at radius 3 is 3.11 bits per heavy atom. The van der Waals surface area contributed by atoms with Crippen LogP contribution < -0.4 is 0 Å². The lowest BCUT2D eigenvalue weighted by atomic mass is 10.1. The van der Waals surface area contributed by atoms with Gasteiger partial charge in [0.25, 0.3) is 0 Å². The third-order valence-corrected chi connectivity index (χ3v) is 3.49. The number of rotatable bonds is 5. The summed E-state index contributed by atoms with van der Waals surface area (Å²) < 4.78 is 5.03. The normalized spacial score (nSPS) is 10.2. The monoisotopic (exact) mass is 258 g/mol. The average molecular weight is 258 g/mol. The van der Waals surface area contributed by atoms with Crippen molar-refractivity contribution < 1.29 is 4.74 Å². The molecule has 18 heavy (non-hydrogen) atoms. The number of aryl methyl sites for hydroxylation is 1. The van der Waals surface area contributed by atoms with Gasteiger partial charge < -0.3 is 4.74 Å². The van der Waals surface area contributed by atoms with Gasteiger partial charge in [0.2, 0.25) is 0 Å². The maximum Gasteiger partial charge on any atom is 0.0991 e. The number of aromatic nitrogens is 1. The minimum atomic E-state index is 0.668. The Kier molecular flexibility index (Phi) is 4.46. The summed E-state index contributed by atoms with van der Waals surface area (Å²) in [5, 5.41) is 12.0. The molecular formula is C14H14N2OS. The van der Waals surface area contributed by atoms with Crippen molar-refractivity contribution in [2.24, 2.45) is 0 Å². The van der Waals surface area contributed by atoms with Gasteiger partial charge in [0.15, 0.2) is 0 Å². The summed E-state index contributed by atoms with van der Waals surface area (Å²) in [6.07, 6.45) is 1.93. The molecule has 0 unspecified atom stereocenters. The number of hydrogen-bond donors (Lipinski definition) is 0. The van der Waals surface area contributed by atoms with E-state index in [0.717, 1.165) is 35.7 Å². The van der Waals surface area contributed by atoms with Gasteiger partial charge >= 0.3 is 0 Å². The molecule has 0 saturated carbocycles. The Hall–Kier alpha value is -1.70. The van der Waals surface area contributed by atoms with Crippen LogP contribution in [0.3, 0.4) is 0 Å². The molecule has 0 N–H and O–H groups in total. The van der Waals surface area contributed by atoms with Gasteiger partial charge in [0, 0.05) is 31.1 Å². The van der Waals surface area contributed by atoms with Gasteiger partial charge in [-0.1, -0.05) is 12.1 Å². The van der Waals surface area contributed by atoms with E-state index in [1.165, 1.54) is 0 Å². The Morgan fingerprint density at radius 2 is 2.33 bits per heavy atom. The number of thiazole rings is 1. The lowest BCUT2D eigenvalue weighted by Crippen LogP contribution is -1.92. The first-order valence-electron chi connectivity index (χ1n) is 5.77. The molecule has 3 nitrogen and oxygen atoms in total. The smallest absolute Gasteiger partial charge is 0.0991 e. The van der Waals surface area contributed by atoms with Gasteiger partial charge in [-0.3, -0.25) is 0 Å². The SMILES string of the molecule is COCCCc1nc(-c2cccc(C#N)c2)cs1. The minimum Gasteiger partial charge on any atom is -0.385 e. The fraction of sp³-hybridized carbons (Fsp3) is 0.286. The first-order chi connectivity index (χ1) is 8.83. The summed E-state index contributed by atoms with van der Waals surface area (Å²) >= 11 is 1.66. The maximum atomic E-state index is 8.88. The molecule has 0 saturated heterocycles. The van der Waals surface area contributed by atoms with Crippen LogP contribution in [-0.2, 0) is 11.2 Å². The highest BCUT2D eigenvalue weighted by molar-refractivity contribution is 7.09. The quantitative estimate of drug-likeness (QED) is 0.773. The van der Waals surface area contributed by atoms with Crippen LogP contribution in [0, 0.1) is 11.3 Å². The van der Waals surface area contributed by atoms with E-state index in [0.29, 0.717) is 5.56 Å². The molecule has 0 amide bonds. The Balaban J connectivity index is 2.11. The molecule has 1 heterocycles. The van der Waals surface area contributed by atoms with E-state index in [-0.39, 0.29) is 0 Å². The van der Waals surface area contributed by atoms with Crippen LogP contribution in [0.15, 0.2) is 29.6 Å². The molecule has 2 aromatic rings.